The van der Waals surface area contributed by atoms with E-state index >= 15 is 0 Å². The van der Waals surface area contributed by atoms with Crippen LogP contribution in [0.1, 0.15) is 60.3 Å². The Labute approximate surface area is 186 Å². The quantitative estimate of drug-likeness (QED) is 0.564. The molecule has 5 N–H and O–H groups in total. The van der Waals surface area contributed by atoms with Crippen LogP contribution in [0.3, 0.4) is 0 Å². The van der Waals surface area contributed by atoms with Crippen molar-refractivity contribution in [2.75, 3.05) is 11.1 Å². The van der Waals surface area contributed by atoms with Crippen molar-refractivity contribution in [3.05, 3.63) is 88.5 Å². The molecular weight excluding hydrogens is 405 g/mol. The van der Waals surface area contributed by atoms with E-state index in [9.17, 15) is 9.18 Å². The van der Waals surface area contributed by atoms with Gasteiger partial charge in [0.2, 0.25) is 5.91 Å². The predicted molar refractivity (Wildman–Crippen MR) is 124 cm³/mol. The van der Waals surface area contributed by atoms with Crippen molar-refractivity contribution in [3.8, 4) is 0 Å². The predicted octanol–water partition coefficient (Wildman–Crippen LogP) is 4.10. The van der Waals surface area contributed by atoms with Gasteiger partial charge in [0.1, 0.15) is 22.9 Å². The summed E-state index contributed by atoms with van der Waals surface area (Å²) in [6, 6.07) is 12.1. The first kappa shape index (κ1) is 21.6. The van der Waals surface area contributed by atoms with Gasteiger partial charge in [-0.1, -0.05) is 50.8 Å². The molecule has 7 heteroatoms. The minimum atomic E-state index is -1.05. The van der Waals surface area contributed by atoms with Gasteiger partial charge >= 0.3 is 0 Å². The SMILES string of the molecule is C=C(c1nc(N)c2c(n1)NC(=O)C2(C)c1cccc(CN)c1)c1ccc(F)cc1C(C)C. The lowest BCUT2D eigenvalue weighted by atomic mass is 9.77. The third-order valence-corrected chi connectivity index (χ3v) is 6.09. The lowest BCUT2D eigenvalue weighted by Gasteiger charge is -2.24. The first-order chi connectivity index (χ1) is 15.2. The molecule has 0 saturated carbocycles. The third-order valence-electron chi connectivity index (χ3n) is 6.09. The van der Waals surface area contributed by atoms with Crippen molar-refractivity contribution in [2.45, 2.75) is 38.6 Å². The Bertz CT molecular complexity index is 1250. The van der Waals surface area contributed by atoms with Gasteiger partial charge < -0.3 is 16.8 Å². The molecule has 32 heavy (non-hydrogen) atoms. The first-order valence-corrected chi connectivity index (χ1v) is 10.4. The van der Waals surface area contributed by atoms with Gasteiger partial charge in [0.15, 0.2) is 5.82 Å². The normalized spacial score (nSPS) is 17.4. The summed E-state index contributed by atoms with van der Waals surface area (Å²) in [5.74, 6) is 0.348. The Kier molecular flexibility index (Phi) is 5.30. The summed E-state index contributed by atoms with van der Waals surface area (Å²) >= 11 is 0. The summed E-state index contributed by atoms with van der Waals surface area (Å²) in [6.45, 7) is 10.3. The number of aromatic nitrogens is 2. The summed E-state index contributed by atoms with van der Waals surface area (Å²) in [5, 5.41) is 2.86. The lowest BCUT2D eigenvalue weighted by Crippen LogP contribution is -2.33. The largest absolute Gasteiger partial charge is 0.383 e. The molecule has 0 spiro atoms. The number of halogens is 1. The molecule has 2 aromatic carbocycles. The molecule has 1 aliphatic heterocycles. The van der Waals surface area contributed by atoms with E-state index in [-0.39, 0.29) is 29.3 Å². The van der Waals surface area contributed by atoms with Gasteiger partial charge in [-0.3, -0.25) is 4.79 Å². The van der Waals surface area contributed by atoms with E-state index < -0.39 is 5.41 Å². The van der Waals surface area contributed by atoms with Crippen molar-refractivity contribution >= 4 is 23.1 Å². The number of rotatable bonds is 5. The molecule has 0 bridgehead atoms. The molecular formula is C25H26FN5O. The van der Waals surface area contributed by atoms with Crippen LogP contribution < -0.4 is 16.8 Å². The van der Waals surface area contributed by atoms with Crippen LogP contribution in [-0.4, -0.2) is 15.9 Å². The summed E-state index contributed by atoms with van der Waals surface area (Å²) in [6.07, 6.45) is 0. The van der Waals surface area contributed by atoms with Gasteiger partial charge in [-0.2, -0.15) is 0 Å². The van der Waals surface area contributed by atoms with Gasteiger partial charge in [-0.05, 0) is 47.2 Å². The average Bonchev–Trinajstić information content (AvgIpc) is 3.04. The van der Waals surface area contributed by atoms with Crippen LogP contribution in [0.4, 0.5) is 16.0 Å². The highest BCUT2D eigenvalue weighted by atomic mass is 19.1. The fourth-order valence-corrected chi connectivity index (χ4v) is 4.23. The monoisotopic (exact) mass is 431 g/mol. The molecule has 0 fully saturated rings. The second-order valence-electron chi connectivity index (χ2n) is 8.50. The number of fused-ring (bicyclic) bond motifs is 1. The molecule has 1 unspecified atom stereocenters. The van der Waals surface area contributed by atoms with E-state index in [2.05, 4.69) is 21.9 Å². The van der Waals surface area contributed by atoms with E-state index in [0.29, 0.717) is 23.5 Å². The maximum Gasteiger partial charge on any atom is 0.240 e. The Morgan fingerprint density at radius 1 is 1.22 bits per heavy atom. The summed E-state index contributed by atoms with van der Waals surface area (Å²) in [4.78, 5) is 22.2. The number of nitrogens with two attached hydrogens (primary N) is 2. The van der Waals surface area contributed by atoms with Crippen LogP contribution in [0.15, 0.2) is 49.0 Å². The minimum absolute atomic E-state index is 0.0713. The minimum Gasteiger partial charge on any atom is -0.383 e. The van der Waals surface area contributed by atoms with Crippen LogP contribution in [0.5, 0.6) is 0 Å². The van der Waals surface area contributed by atoms with Crippen molar-refractivity contribution < 1.29 is 9.18 Å². The van der Waals surface area contributed by atoms with E-state index in [1.165, 1.54) is 12.1 Å². The summed E-state index contributed by atoms with van der Waals surface area (Å²) < 4.78 is 13.8. The average molecular weight is 432 g/mol. The maximum absolute atomic E-state index is 13.8. The highest BCUT2D eigenvalue weighted by molar-refractivity contribution is 6.09. The fourth-order valence-electron chi connectivity index (χ4n) is 4.23. The van der Waals surface area contributed by atoms with Crippen molar-refractivity contribution in [1.82, 2.24) is 9.97 Å². The van der Waals surface area contributed by atoms with Gasteiger partial charge in [0.25, 0.3) is 0 Å². The Balaban J connectivity index is 1.82. The maximum atomic E-state index is 13.8. The van der Waals surface area contributed by atoms with Gasteiger partial charge in [0, 0.05) is 12.1 Å². The molecule has 4 rings (SSSR count). The van der Waals surface area contributed by atoms with Gasteiger partial charge in [-0.15, -0.1) is 0 Å². The number of hydrogen-bond acceptors (Lipinski definition) is 5. The number of carbonyl (C=O) groups excluding carboxylic acids is 1. The molecule has 2 heterocycles. The van der Waals surface area contributed by atoms with E-state index in [1.807, 2.05) is 38.1 Å². The summed E-state index contributed by atoms with van der Waals surface area (Å²) in [5.41, 5.74) is 15.4. The smallest absolute Gasteiger partial charge is 0.240 e. The second-order valence-corrected chi connectivity index (χ2v) is 8.50. The molecule has 1 amide bonds. The number of amides is 1. The van der Waals surface area contributed by atoms with Crippen LogP contribution in [0, 0.1) is 5.82 Å². The van der Waals surface area contributed by atoms with Gasteiger partial charge in [0.05, 0.1) is 5.56 Å². The molecule has 0 saturated heterocycles. The number of nitrogens with one attached hydrogen (secondary N) is 1. The first-order valence-electron chi connectivity index (χ1n) is 10.4. The molecule has 0 aliphatic carbocycles. The summed E-state index contributed by atoms with van der Waals surface area (Å²) in [7, 11) is 0. The molecule has 6 nitrogen and oxygen atoms in total. The third kappa shape index (κ3) is 3.35. The highest BCUT2D eigenvalue weighted by Crippen LogP contribution is 2.45. The second kappa shape index (κ2) is 7.84. The van der Waals surface area contributed by atoms with Crippen molar-refractivity contribution in [3.63, 3.8) is 0 Å². The zero-order chi connectivity index (χ0) is 23.2. The number of anilines is 2. The van der Waals surface area contributed by atoms with E-state index in [4.69, 9.17) is 11.5 Å². The Morgan fingerprint density at radius 3 is 2.66 bits per heavy atom. The molecule has 164 valence electrons. The van der Waals surface area contributed by atoms with E-state index in [0.717, 1.165) is 22.3 Å². The standard InChI is InChI=1S/C25H26FN5O/c1-13(2)19-11-17(26)8-9-18(19)14(3)22-29-21(28)20-23(30-22)31-24(32)25(20,4)16-7-5-6-15(10-16)12-27/h5-11,13H,3,12,27H2,1-2,4H3,(H3,28,29,30,31,32). The van der Waals surface area contributed by atoms with Crippen LogP contribution in [0.25, 0.3) is 5.57 Å². The number of carbonyl (C=O) groups is 1. The number of nitrogen functional groups attached to an aromatic ring is 1. The van der Waals surface area contributed by atoms with Crippen LogP contribution in [-0.2, 0) is 16.8 Å². The zero-order valence-electron chi connectivity index (χ0n) is 18.4. The highest BCUT2D eigenvalue weighted by Gasteiger charge is 2.47. The number of hydrogen-bond donors (Lipinski definition) is 3. The molecule has 1 atom stereocenters. The van der Waals surface area contributed by atoms with Crippen LogP contribution >= 0.6 is 0 Å². The number of benzene rings is 2. The number of nitrogens with zero attached hydrogens (tertiary/aromatic N) is 2. The van der Waals surface area contributed by atoms with Crippen molar-refractivity contribution in [2.24, 2.45) is 5.73 Å². The Hall–Kier alpha value is -3.58. The van der Waals surface area contributed by atoms with E-state index in [1.54, 1.807) is 13.0 Å². The molecule has 1 aliphatic rings. The molecule has 1 aromatic heterocycles. The molecule has 3 aromatic rings. The Morgan fingerprint density at radius 2 is 1.97 bits per heavy atom. The van der Waals surface area contributed by atoms with Gasteiger partial charge in [-0.25, -0.2) is 14.4 Å². The topological polar surface area (TPSA) is 107 Å². The van der Waals surface area contributed by atoms with Crippen molar-refractivity contribution in [1.29, 1.82) is 0 Å². The fraction of sp³-hybridized carbons (Fsp3) is 0.240. The zero-order valence-corrected chi connectivity index (χ0v) is 18.4. The lowest BCUT2D eigenvalue weighted by molar-refractivity contribution is -0.119. The van der Waals surface area contributed by atoms with Crippen LogP contribution in [0.2, 0.25) is 0 Å². The molecule has 0 radical (unpaired) electrons.